The molecule has 0 saturated carbocycles. The number of rotatable bonds is 2. The van der Waals surface area contributed by atoms with E-state index >= 15 is 0 Å². The third kappa shape index (κ3) is 1.95. The van der Waals surface area contributed by atoms with Crippen molar-refractivity contribution in [2.24, 2.45) is 0 Å². The summed E-state index contributed by atoms with van der Waals surface area (Å²) in [5, 5.41) is 8.68. The predicted molar refractivity (Wildman–Crippen MR) is 46.2 cm³/mol. The molecule has 3 nitrogen and oxygen atoms in total. The van der Waals surface area contributed by atoms with Crippen molar-refractivity contribution in [3.05, 3.63) is 29.1 Å². The second kappa shape index (κ2) is 3.87. The molecule has 0 bridgehead atoms. The zero-order chi connectivity index (χ0) is 9.84. The first kappa shape index (κ1) is 9.49. The molecule has 0 amide bonds. The van der Waals surface area contributed by atoms with Crippen molar-refractivity contribution in [2.45, 2.75) is 6.61 Å². The van der Waals surface area contributed by atoms with E-state index in [4.69, 9.17) is 15.7 Å². The summed E-state index contributed by atoms with van der Waals surface area (Å²) in [6.07, 6.45) is 0. The number of hydrogen-bond donors (Lipinski definition) is 1. The molecule has 0 saturated heterocycles. The Bertz CT molecular complexity index is 357. The third-order valence-corrected chi connectivity index (χ3v) is 1.64. The standard InChI is InChI=1S/C9H9FN2O/c1-13-5-7-2-8(10)9(12)3-6(7)4-11/h2-3H,5,12H2,1H3. The zero-order valence-electron chi connectivity index (χ0n) is 7.17. The molecule has 0 aliphatic heterocycles. The molecule has 0 atom stereocenters. The van der Waals surface area contributed by atoms with Gasteiger partial charge in [0, 0.05) is 7.11 Å². The zero-order valence-corrected chi connectivity index (χ0v) is 7.17. The first-order valence-corrected chi connectivity index (χ1v) is 3.66. The molecule has 13 heavy (non-hydrogen) atoms. The summed E-state index contributed by atoms with van der Waals surface area (Å²) in [6, 6.07) is 4.45. The van der Waals surface area contributed by atoms with Gasteiger partial charge in [-0.15, -0.1) is 0 Å². The van der Waals surface area contributed by atoms with Crippen molar-refractivity contribution in [1.29, 1.82) is 5.26 Å². The fraction of sp³-hybridized carbons (Fsp3) is 0.222. The van der Waals surface area contributed by atoms with E-state index in [1.54, 1.807) is 0 Å². The molecule has 0 spiro atoms. The summed E-state index contributed by atoms with van der Waals surface area (Å²) < 4.78 is 17.7. The Labute approximate surface area is 75.5 Å². The van der Waals surface area contributed by atoms with Crippen molar-refractivity contribution in [2.75, 3.05) is 12.8 Å². The van der Waals surface area contributed by atoms with Gasteiger partial charge in [-0.1, -0.05) is 0 Å². The maximum Gasteiger partial charge on any atom is 0.146 e. The van der Waals surface area contributed by atoms with E-state index in [1.165, 1.54) is 19.2 Å². The summed E-state index contributed by atoms with van der Waals surface area (Å²) in [7, 11) is 1.48. The summed E-state index contributed by atoms with van der Waals surface area (Å²) in [4.78, 5) is 0. The molecule has 1 rings (SSSR count). The minimum Gasteiger partial charge on any atom is -0.396 e. The number of nitrogen functional groups attached to an aromatic ring is 1. The average molecular weight is 180 g/mol. The van der Waals surface area contributed by atoms with E-state index in [1.807, 2.05) is 6.07 Å². The molecule has 0 aliphatic rings. The third-order valence-electron chi connectivity index (χ3n) is 1.64. The Hall–Kier alpha value is -1.60. The van der Waals surface area contributed by atoms with Crippen LogP contribution in [0.3, 0.4) is 0 Å². The lowest BCUT2D eigenvalue weighted by Crippen LogP contribution is -1.98. The summed E-state index contributed by atoms with van der Waals surface area (Å²) in [5.74, 6) is -0.522. The van der Waals surface area contributed by atoms with Gasteiger partial charge in [0.1, 0.15) is 5.82 Å². The van der Waals surface area contributed by atoms with E-state index in [0.29, 0.717) is 11.1 Å². The monoisotopic (exact) mass is 180 g/mol. The highest BCUT2D eigenvalue weighted by Gasteiger charge is 2.06. The van der Waals surface area contributed by atoms with Crippen molar-refractivity contribution < 1.29 is 9.13 Å². The second-order valence-corrected chi connectivity index (χ2v) is 2.58. The van der Waals surface area contributed by atoms with Crippen LogP contribution in [0.5, 0.6) is 0 Å². The van der Waals surface area contributed by atoms with Crippen LogP contribution in [-0.4, -0.2) is 7.11 Å². The fourth-order valence-corrected chi connectivity index (χ4v) is 1.01. The SMILES string of the molecule is COCc1cc(F)c(N)cc1C#N. The van der Waals surface area contributed by atoms with Crippen LogP contribution in [0.15, 0.2) is 12.1 Å². The molecule has 0 unspecified atom stereocenters. The van der Waals surface area contributed by atoms with Crippen LogP contribution in [0, 0.1) is 17.1 Å². The van der Waals surface area contributed by atoms with Gasteiger partial charge in [-0.25, -0.2) is 4.39 Å². The molecular weight excluding hydrogens is 171 g/mol. The van der Waals surface area contributed by atoms with Gasteiger partial charge < -0.3 is 10.5 Å². The molecule has 0 aliphatic carbocycles. The lowest BCUT2D eigenvalue weighted by molar-refractivity contribution is 0.184. The van der Waals surface area contributed by atoms with Crippen molar-refractivity contribution >= 4 is 5.69 Å². The first-order valence-electron chi connectivity index (χ1n) is 3.66. The van der Waals surface area contributed by atoms with E-state index < -0.39 is 5.82 Å². The number of nitrogens with zero attached hydrogens (tertiary/aromatic N) is 1. The highest BCUT2D eigenvalue weighted by atomic mass is 19.1. The number of nitriles is 1. The summed E-state index contributed by atoms with van der Waals surface area (Å²) >= 11 is 0. The Morgan fingerprint density at radius 2 is 2.31 bits per heavy atom. The van der Waals surface area contributed by atoms with Gasteiger partial charge in [-0.05, 0) is 17.7 Å². The lowest BCUT2D eigenvalue weighted by atomic mass is 10.1. The Kier molecular flexibility index (Phi) is 2.83. The largest absolute Gasteiger partial charge is 0.396 e. The number of methoxy groups -OCH3 is 1. The van der Waals surface area contributed by atoms with Crippen molar-refractivity contribution in [3.8, 4) is 6.07 Å². The highest BCUT2D eigenvalue weighted by Crippen LogP contribution is 2.17. The Morgan fingerprint density at radius 1 is 1.62 bits per heavy atom. The number of nitrogens with two attached hydrogens (primary N) is 1. The van der Waals surface area contributed by atoms with Crippen molar-refractivity contribution in [3.63, 3.8) is 0 Å². The molecule has 2 N–H and O–H groups in total. The summed E-state index contributed by atoms with van der Waals surface area (Å²) in [5.41, 5.74) is 6.14. The minimum atomic E-state index is -0.522. The van der Waals surface area contributed by atoms with Gasteiger partial charge in [-0.3, -0.25) is 0 Å². The number of anilines is 1. The van der Waals surface area contributed by atoms with Crippen LogP contribution in [0.2, 0.25) is 0 Å². The topological polar surface area (TPSA) is 59.0 Å². The second-order valence-electron chi connectivity index (χ2n) is 2.58. The smallest absolute Gasteiger partial charge is 0.146 e. The number of ether oxygens (including phenoxy) is 1. The number of hydrogen-bond acceptors (Lipinski definition) is 3. The molecule has 68 valence electrons. The Morgan fingerprint density at radius 3 is 2.85 bits per heavy atom. The maximum atomic E-state index is 12.9. The van der Waals surface area contributed by atoms with Gasteiger partial charge in [0.2, 0.25) is 0 Å². The minimum absolute atomic E-state index is 0.0172. The molecule has 1 aromatic carbocycles. The highest BCUT2D eigenvalue weighted by molar-refractivity contribution is 5.50. The van der Waals surface area contributed by atoms with Gasteiger partial charge in [0.25, 0.3) is 0 Å². The lowest BCUT2D eigenvalue weighted by Gasteiger charge is -2.04. The van der Waals surface area contributed by atoms with Gasteiger partial charge >= 0.3 is 0 Å². The molecule has 4 heteroatoms. The maximum absolute atomic E-state index is 12.9. The fourth-order valence-electron chi connectivity index (χ4n) is 1.01. The molecule has 0 radical (unpaired) electrons. The van der Waals surface area contributed by atoms with Crippen LogP contribution < -0.4 is 5.73 Å². The van der Waals surface area contributed by atoms with Crippen LogP contribution in [0.1, 0.15) is 11.1 Å². The van der Waals surface area contributed by atoms with E-state index in [0.717, 1.165) is 0 Å². The van der Waals surface area contributed by atoms with Gasteiger partial charge in [-0.2, -0.15) is 5.26 Å². The number of benzene rings is 1. The number of halogens is 1. The van der Waals surface area contributed by atoms with Crippen LogP contribution in [-0.2, 0) is 11.3 Å². The van der Waals surface area contributed by atoms with Crippen LogP contribution >= 0.6 is 0 Å². The molecule has 0 aromatic heterocycles. The molecular formula is C9H9FN2O. The average Bonchev–Trinajstić information content (AvgIpc) is 2.11. The normalized spacial score (nSPS) is 9.62. The Balaban J connectivity index is 3.18. The van der Waals surface area contributed by atoms with Crippen molar-refractivity contribution in [1.82, 2.24) is 0 Å². The summed E-state index contributed by atoms with van der Waals surface area (Å²) in [6.45, 7) is 0.208. The predicted octanol–water partition coefficient (Wildman–Crippen LogP) is 1.43. The molecule has 0 fully saturated rings. The quantitative estimate of drug-likeness (QED) is 0.700. The van der Waals surface area contributed by atoms with Crippen LogP contribution in [0.25, 0.3) is 0 Å². The van der Waals surface area contributed by atoms with Crippen LogP contribution in [0.4, 0.5) is 10.1 Å². The van der Waals surface area contributed by atoms with Gasteiger partial charge in [0.05, 0.1) is 23.9 Å². The van der Waals surface area contributed by atoms with E-state index in [2.05, 4.69) is 0 Å². The van der Waals surface area contributed by atoms with E-state index in [9.17, 15) is 4.39 Å². The molecule has 0 heterocycles. The van der Waals surface area contributed by atoms with E-state index in [-0.39, 0.29) is 12.3 Å². The first-order chi connectivity index (χ1) is 6.19. The van der Waals surface area contributed by atoms with Gasteiger partial charge in [0.15, 0.2) is 0 Å². The molecule has 1 aromatic rings.